The van der Waals surface area contributed by atoms with Crippen molar-refractivity contribution in [1.82, 2.24) is 14.9 Å². The second kappa shape index (κ2) is 10.1. The maximum Gasteiger partial charge on any atom is 0.348 e. The van der Waals surface area contributed by atoms with E-state index in [4.69, 9.17) is 9.72 Å². The predicted octanol–water partition coefficient (Wildman–Crippen LogP) is 4.65. The van der Waals surface area contributed by atoms with Crippen LogP contribution >= 0.6 is 11.3 Å². The van der Waals surface area contributed by atoms with Gasteiger partial charge in [0, 0.05) is 25.3 Å². The molecule has 0 amide bonds. The molecule has 1 unspecified atom stereocenters. The van der Waals surface area contributed by atoms with Crippen LogP contribution in [0.5, 0.6) is 0 Å². The molecule has 0 spiro atoms. The molecule has 1 aromatic carbocycles. The largest absolute Gasteiger partial charge is 0.462 e. The number of nitrogens with zero attached hydrogens (tertiary/aromatic N) is 3. The Morgan fingerprint density at radius 1 is 1.27 bits per heavy atom. The molecule has 1 atom stereocenters. The first-order chi connectivity index (χ1) is 15.9. The topological polar surface area (TPSA) is 78.5 Å². The number of esters is 1. The molecule has 0 bridgehead atoms. The Balaban J connectivity index is 1.59. The van der Waals surface area contributed by atoms with Gasteiger partial charge in [0.05, 0.1) is 18.0 Å². The molecule has 3 heterocycles. The second-order valence-corrected chi connectivity index (χ2v) is 9.67. The van der Waals surface area contributed by atoms with Crippen molar-refractivity contribution in [2.24, 2.45) is 0 Å². The highest BCUT2D eigenvalue weighted by Crippen LogP contribution is 2.30. The van der Waals surface area contributed by atoms with Gasteiger partial charge in [-0.3, -0.25) is 9.69 Å². The number of para-hydroxylation sites is 1. The molecular formula is C25H32N4O3S. The molecule has 176 valence electrons. The van der Waals surface area contributed by atoms with Crippen LogP contribution in [0, 0.1) is 6.92 Å². The van der Waals surface area contributed by atoms with Gasteiger partial charge in [-0.05, 0) is 64.3 Å². The molecular weight excluding hydrogens is 436 g/mol. The molecule has 0 aliphatic carbocycles. The molecule has 1 aliphatic heterocycles. The van der Waals surface area contributed by atoms with E-state index in [1.807, 2.05) is 14.0 Å². The summed E-state index contributed by atoms with van der Waals surface area (Å²) in [4.78, 5) is 38.6. The minimum atomic E-state index is -0.404. The first-order valence-electron chi connectivity index (χ1n) is 11.6. The third kappa shape index (κ3) is 4.82. The monoisotopic (exact) mass is 468 g/mol. The number of fused-ring (bicyclic) bond motifs is 1. The number of carbonyl (C=O) groups excluding carboxylic acids is 1. The molecule has 0 saturated carbocycles. The lowest BCUT2D eigenvalue weighted by molar-refractivity contribution is 0.0531. The minimum absolute atomic E-state index is 0.107. The fourth-order valence-electron chi connectivity index (χ4n) is 4.45. The highest BCUT2D eigenvalue weighted by Gasteiger charge is 2.23. The lowest BCUT2D eigenvalue weighted by Gasteiger charge is -2.32. The van der Waals surface area contributed by atoms with E-state index in [9.17, 15) is 9.59 Å². The van der Waals surface area contributed by atoms with Crippen LogP contribution in [0.4, 0.5) is 5.69 Å². The normalized spacial score (nSPS) is 15.2. The zero-order valence-electron chi connectivity index (χ0n) is 19.8. The quantitative estimate of drug-likeness (QED) is 0.509. The summed E-state index contributed by atoms with van der Waals surface area (Å²) < 4.78 is 5.14. The number of H-pyrrole nitrogens is 1. The first-order valence-corrected chi connectivity index (χ1v) is 12.5. The lowest BCUT2D eigenvalue weighted by atomic mass is 10.1. The number of aromatic nitrogens is 2. The smallest absolute Gasteiger partial charge is 0.348 e. The molecule has 33 heavy (non-hydrogen) atoms. The fourth-order valence-corrected chi connectivity index (χ4v) is 5.53. The number of benzene rings is 1. The van der Waals surface area contributed by atoms with Crippen LogP contribution in [0.15, 0.2) is 29.1 Å². The van der Waals surface area contributed by atoms with Crippen LogP contribution < -0.4 is 10.5 Å². The number of aryl methyl sites for hydroxylation is 1. The molecule has 3 aromatic rings. The first kappa shape index (κ1) is 23.4. The van der Waals surface area contributed by atoms with Gasteiger partial charge in [-0.1, -0.05) is 18.2 Å². The van der Waals surface area contributed by atoms with E-state index >= 15 is 0 Å². The highest BCUT2D eigenvalue weighted by molar-refractivity contribution is 7.20. The number of hydrogen-bond donors (Lipinski definition) is 1. The Hall–Kier alpha value is -2.71. The van der Waals surface area contributed by atoms with Crippen molar-refractivity contribution in [3.8, 4) is 0 Å². The van der Waals surface area contributed by atoms with Gasteiger partial charge in [-0.15, -0.1) is 11.3 Å². The summed E-state index contributed by atoms with van der Waals surface area (Å²) in [5, 5.41) is 0.470. The van der Waals surface area contributed by atoms with Gasteiger partial charge < -0.3 is 14.6 Å². The molecule has 8 heteroatoms. The Labute approximate surface area is 198 Å². The summed E-state index contributed by atoms with van der Waals surface area (Å²) in [6, 6.07) is 8.46. The Kier molecular flexibility index (Phi) is 7.14. The van der Waals surface area contributed by atoms with Gasteiger partial charge in [0.25, 0.3) is 5.56 Å². The third-order valence-electron chi connectivity index (χ3n) is 6.44. The molecule has 7 nitrogen and oxygen atoms in total. The number of thiophene rings is 1. The van der Waals surface area contributed by atoms with Gasteiger partial charge in [0.1, 0.15) is 15.5 Å². The van der Waals surface area contributed by atoms with Crippen molar-refractivity contribution in [2.45, 2.75) is 52.6 Å². The summed E-state index contributed by atoms with van der Waals surface area (Å²) >= 11 is 1.22. The van der Waals surface area contributed by atoms with Gasteiger partial charge in [0.15, 0.2) is 0 Å². The molecule has 2 aromatic heterocycles. The molecule has 1 aliphatic rings. The summed E-state index contributed by atoms with van der Waals surface area (Å²) in [6.07, 6.45) is 3.77. The van der Waals surface area contributed by atoms with E-state index < -0.39 is 5.97 Å². The Bertz CT molecular complexity index is 1200. The van der Waals surface area contributed by atoms with E-state index in [0.29, 0.717) is 33.1 Å². The van der Waals surface area contributed by atoms with Crippen LogP contribution in [0.1, 0.15) is 65.8 Å². The van der Waals surface area contributed by atoms with Crippen molar-refractivity contribution in [3.05, 3.63) is 56.4 Å². The van der Waals surface area contributed by atoms with Gasteiger partial charge in [-0.25, -0.2) is 9.78 Å². The van der Waals surface area contributed by atoms with Crippen LogP contribution in [-0.4, -0.2) is 47.6 Å². The summed E-state index contributed by atoms with van der Waals surface area (Å²) in [5.41, 5.74) is 2.98. The van der Waals surface area contributed by atoms with Crippen molar-refractivity contribution < 1.29 is 9.53 Å². The fraction of sp³-hybridized carbons (Fsp3) is 0.480. The van der Waals surface area contributed by atoms with E-state index in [-0.39, 0.29) is 11.6 Å². The molecule has 1 N–H and O–H groups in total. The van der Waals surface area contributed by atoms with E-state index in [0.717, 1.165) is 19.6 Å². The maximum atomic E-state index is 12.9. The highest BCUT2D eigenvalue weighted by atomic mass is 32.1. The molecule has 4 rings (SSSR count). The van der Waals surface area contributed by atoms with Crippen LogP contribution in [0.3, 0.4) is 0 Å². The Morgan fingerprint density at radius 3 is 2.73 bits per heavy atom. The van der Waals surface area contributed by atoms with Crippen LogP contribution in [-0.2, 0) is 11.3 Å². The number of rotatable bonds is 7. The molecule has 1 fully saturated rings. The number of hydrogen-bond acceptors (Lipinski definition) is 7. The lowest BCUT2D eigenvalue weighted by Crippen LogP contribution is -2.31. The zero-order chi connectivity index (χ0) is 23.5. The van der Waals surface area contributed by atoms with E-state index in [1.54, 1.807) is 13.8 Å². The van der Waals surface area contributed by atoms with Crippen LogP contribution in [0.2, 0.25) is 0 Å². The summed E-state index contributed by atoms with van der Waals surface area (Å²) in [5.74, 6) is 0.195. The standard InChI is InChI=1S/C25H32N4O3S/c1-5-32-25(31)21-16(2)20-23(30)26-22(27-24(20)33-21)17(3)28(4)15-18-11-7-8-12-19(18)29-13-9-6-10-14-29/h7-8,11-12,17H,5-6,9-10,13-15H2,1-4H3,(H,26,27,30). The maximum absolute atomic E-state index is 12.9. The van der Waals surface area contributed by atoms with Gasteiger partial charge >= 0.3 is 5.97 Å². The second-order valence-electron chi connectivity index (χ2n) is 8.68. The van der Waals surface area contributed by atoms with Crippen LogP contribution in [0.25, 0.3) is 10.2 Å². The average Bonchev–Trinajstić information content (AvgIpc) is 3.16. The summed E-state index contributed by atoms with van der Waals surface area (Å²) in [7, 11) is 2.05. The van der Waals surface area contributed by atoms with Crippen molar-refractivity contribution in [2.75, 3.05) is 31.6 Å². The SMILES string of the molecule is CCOC(=O)c1sc2nc(C(C)N(C)Cc3ccccc3N3CCCCC3)[nH]c(=O)c2c1C. The predicted molar refractivity (Wildman–Crippen MR) is 133 cm³/mol. The molecule has 0 radical (unpaired) electrons. The molecule has 1 saturated heterocycles. The zero-order valence-corrected chi connectivity index (χ0v) is 20.6. The van der Waals surface area contributed by atoms with Crippen molar-refractivity contribution in [1.29, 1.82) is 0 Å². The minimum Gasteiger partial charge on any atom is -0.462 e. The number of ether oxygens (including phenoxy) is 1. The number of anilines is 1. The summed E-state index contributed by atoms with van der Waals surface area (Å²) in [6.45, 7) is 8.82. The van der Waals surface area contributed by atoms with Gasteiger partial charge in [-0.2, -0.15) is 0 Å². The third-order valence-corrected chi connectivity index (χ3v) is 7.61. The van der Waals surface area contributed by atoms with E-state index in [1.165, 1.54) is 41.9 Å². The van der Waals surface area contributed by atoms with Crippen molar-refractivity contribution in [3.63, 3.8) is 0 Å². The van der Waals surface area contributed by atoms with E-state index in [2.05, 4.69) is 39.0 Å². The van der Waals surface area contributed by atoms with Crippen molar-refractivity contribution >= 4 is 33.2 Å². The number of aromatic amines is 1. The Morgan fingerprint density at radius 2 is 2.00 bits per heavy atom. The number of piperidine rings is 1. The number of nitrogens with one attached hydrogen (secondary N) is 1. The number of carbonyl (C=O) groups is 1. The van der Waals surface area contributed by atoms with Gasteiger partial charge in [0.2, 0.25) is 0 Å². The average molecular weight is 469 g/mol.